The van der Waals surface area contributed by atoms with Crippen LogP contribution in [0.4, 0.5) is 0 Å². The Morgan fingerprint density at radius 1 is 1.00 bits per heavy atom. The summed E-state index contributed by atoms with van der Waals surface area (Å²) in [6, 6.07) is 1.96. The Bertz CT molecular complexity index is 179. The summed E-state index contributed by atoms with van der Waals surface area (Å²) in [7, 11) is 0. The molecule has 2 fully saturated rings. The van der Waals surface area contributed by atoms with Crippen molar-refractivity contribution in [2.75, 3.05) is 0 Å². The molecule has 0 heterocycles. The van der Waals surface area contributed by atoms with Gasteiger partial charge in [-0.3, -0.25) is 0 Å². The Morgan fingerprint density at radius 3 is 2.20 bits per heavy atom. The van der Waals surface area contributed by atoms with Gasteiger partial charge in [0.05, 0.1) is 0 Å². The van der Waals surface area contributed by atoms with E-state index < -0.39 is 0 Å². The van der Waals surface area contributed by atoms with Crippen LogP contribution in [0.1, 0.15) is 58.3 Å². The van der Waals surface area contributed by atoms with Gasteiger partial charge in [-0.05, 0) is 51.4 Å². The van der Waals surface area contributed by atoms with Crippen LogP contribution in [0.2, 0.25) is 0 Å². The Hall–Kier alpha value is -0.0800. The van der Waals surface area contributed by atoms with Gasteiger partial charge in [0.25, 0.3) is 0 Å². The maximum Gasteiger partial charge on any atom is 0.00708 e. The molecular weight excluding hydrogens is 184 g/mol. The van der Waals surface area contributed by atoms with E-state index in [1.54, 1.807) is 0 Å². The van der Waals surface area contributed by atoms with Crippen molar-refractivity contribution in [2.24, 2.45) is 11.7 Å². The van der Waals surface area contributed by atoms with Gasteiger partial charge in [-0.15, -0.1) is 0 Å². The van der Waals surface area contributed by atoms with Gasteiger partial charge in [-0.2, -0.15) is 0 Å². The van der Waals surface area contributed by atoms with Crippen LogP contribution < -0.4 is 11.1 Å². The number of rotatable bonds is 3. The molecule has 2 aliphatic carbocycles. The van der Waals surface area contributed by atoms with Crippen molar-refractivity contribution in [2.45, 2.75) is 76.4 Å². The summed E-state index contributed by atoms with van der Waals surface area (Å²) in [5.41, 5.74) is 5.92. The largest absolute Gasteiger partial charge is 0.328 e. The fraction of sp³-hybridized carbons (Fsp3) is 1.00. The van der Waals surface area contributed by atoms with E-state index in [-0.39, 0.29) is 0 Å². The highest BCUT2D eigenvalue weighted by atomic mass is 15.0. The molecule has 2 rings (SSSR count). The quantitative estimate of drug-likeness (QED) is 0.751. The second-order valence-corrected chi connectivity index (χ2v) is 5.61. The van der Waals surface area contributed by atoms with Crippen molar-refractivity contribution in [1.29, 1.82) is 0 Å². The number of hydrogen-bond acceptors (Lipinski definition) is 2. The van der Waals surface area contributed by atoms with E-state index in [2.05, 4.69) is 12.2 Å². The molecule has 0 amide bonds. The van der Waals surface area contributed by atoms with Gasteiger partial charge < -0.3 is 11.1 Å². The molecule has 0 unspecified atom stereocenters. The van der Waals surface area contributed by atoms with Crippen LogP contribution in [-0.2, 0) is 0 Å². The minimum atomic E-state index is 0.477. The zero-order valence-electron chi connectivity index (χ0n) is 10.0. The van der Waals surface area contributed by atoms with E-state index in [0.29, 0.717) is 6.04 Å². The van der Waals surface area contributed by atoms with Gasteiger partial charge in [0, 0.05) is 18.1 Å². The van der Waals surface area contributed by atoms with E-state index in [4.69, 9.17) is 5.73 Å². The SMILES string of the molecule is C[C@H](NC1CCC(N)CC1)C1CCCC1. The average molecular weight is 210 g/mol. The number of nitrogens with two attached hydrogens (primary N) is 1. The van der Waals surface area contributed by atoms with Crippen molar-refractivity contribution >= 4 is 0 Å². The lowest BCUT2D eigenvalue weighted by atomic mass is 9.90. The Balaban J connectivity index is 1.71. The zero-order chi connectivity index (χ0) is 10.7. The van der Waals surface area contributed by atoms with Crippen molar-refractivity contribution < 1.29 is 0 Å². The molecule has 0 aromatic heterocycles. The first-order valence-corrected chi connectivity index (χ1v) is 6.77. The average Bonchev–Trinajstić information content (AvgIpc) is 2.74. The van der Waals surface area contributed by atoms with E-state index in [9.17, 15) is 0 Å². The molecule has 0 spiro atoms. The molecule has 88 valence electrons. The predicted molar refractivity (Wildman–Crippen MR) is 64.8 cm³/mol. The van der Waals surface area contributed by atoms with Gasteiger partial charge in [0.1, 0.15) is 0 Å². The molecule has 2 nitrogen and oxygen atoms in total. The number of hydrogen-bond donors (Lipinski definition) is 2. The molecule has 2 heteroatoms. The fourth-order valence-corrected chi connectivity index (χ4v) is 3.25. The van der Waals surface area contributed by atoms with Crippen molar-refractivity contribution in [3.05, 3.63) is 0 Å². The molecule has 0 aromatic carbocycles. The van der Waals surface area contributed by atoms with Gasteiger partial charge >= 0.3 is 0 Å². The van der Waals surface area contributed by atoms with Crippen LogP contribution in [0.15, 0.2) is 0 Å². The van der Waals surface area contributed by atoms with Crippen LogP contribution >= 0.6 is 0 Å². The Morgan fingerprint density at radius 2 is 1.60 bits per heavy atom. The summed E-state index contributed by atoms with van der Waals surface area (Å²) in [5, 5.41) is 3.83. The minimum Gasteiger partial charge on any atom is -0.328 e. The van der Waals surface area contributed by atoms with Crippen LogP contribution in [-0.4, -0.2) is 18.1 Å². The molecule has 2 saturated carbocycles. The molecule has 1 atom stereocenters. The molecule has 0 saturated heterocycles. The lowest BCUT2D eigenvalue weighted by Gasteiger charge is -2.31. The third kappa shape index (κ3) is 3.18. The molecule has 0 bridgehead atoms. The summed E-state index contributed by atoms with van der Waals surface area (Å²) >= 11 is 0. The first-order chi connectivity index (χ1) is 7.25. The maximum atomic E-state index is 5.92. The smallest absolute Gasteiger partial charge is 0.00708 e. The Kier molecular flexibility index (Phi) is 4.04. The fourth-order valence-electron chi connectivity index (χ4n) is 3.25. The summed E-state index contributed by atoms with van der Waals surface area (Å²) in [5.74, 6) is 0.945. The van der Waals surface area contributed by atoms with Crippen molar-refractivity contribution in [3.63, 3.8) is 0 Å². The second-order valence-electron chi connectivity index (χ2n) is 5.61. The molecule has 0 aromatic rings. The molecule has 15 heavy (non-hydrogen) atoms. The van der Waals surface area contributed by atoms with E-state index >= 15 is 0 Å². The van der Waals surface area contributed by atoms with E-state index in [0.717, 1.165) is 18.0 Å². The van der Waals surface area contributed by atoms with Crippen LogP contribution in [0.5, 0.6) is 0 Å². The predicted octanol–water partition coefficient (Wildman–Crippen LogP) is 2.42. The van der Waals surface area contributed by atoms with E-state index in [1.165, 1.54) is 51.4 Å². The highest BCUT2D eigenvalue weighted by molar-refractivity contribution is 4.84. The standard InChI is InChI=1S/C13H26N2/c1-10(11-4-2-3-5-11)15-13-8-6-12(14)7-9-13/h10-13,15H,2-9,14H2,1H3/t10-,12?,13?/m0/s1. The lowest BCUT2D eigenvalue weighted by Crippen LogP contribution is -2.43. The molecule has 0 aliphatic heterocycles. The summed E-state index contributed by atoms with van der Waals surface area (Å²) < 4.78 is 0. The third-order valence-corrected chi connectivity index (χ3v) is 4.38. The topological polar surface area (TPSA) is 38.0 Å². The van der Waals surface area contributed by atoms with Gasteiger partial charge in [0.2, 0.25) is 0 Å². The number of nitrogens with one attached hydrogen (secondary N) is 1. The van der Waals surface area contributed by atoms with E-state index in [1.807, 2.05) is 0 Å². The van der Waals surface area contributed by atoms with Crippen LogP contribution in [0.3, 0.4) is 0 Å². The zero-order valence-corrected chi connectivity index (χ0v) is 10.0. The van der Waals surface area contributed by atoms with Gasteiger partial charge in [-0.25, -0.2) is 0 Å². The first kappa shape index (κ1) is 11.4. The van der Waals surface area contributed by atoms with Crippen molar-refractivity contribution in [3.8, 4) is 0 Å². The lowest BCUT2D eigenvalue weighted by molar-refractivity contribution is 0.280. The second kappa shape index (κ2) is 5.31. The third-order valence-electron chi connectivity index (χ3n) is 4.38. The minimum absolute atomic E-state index is 0.477. The molecule has 3 N–H and O–H groups in total. The van der Waals surface area contributed by atoms with Crippen LogP contribution in [0.25, 0.3) is 0 Å². The first-order valence-electron chi connectivity index (χ1n) is 6.77. The Labute approximate surface area is 94.0 Å². The molecular formula is C13H26N2. The highest BCUT2D eigenvalue weighted by Gasteiger charge is 2.25. The normalized spacial score (nSPS) is 35.6. The molecule has 2 aliphatic rings. The molecule has 0 radical (unpaired) electrons. The summed E-state index contributed by atoms with van der Waals surface area (Å²) in [4.78, 5) is 0. The monoisotopic (exact) mass is 210 g/mol. The highest BCUT2D eigenvalue weighted by Crippen LogP contribution is 2.28. The van der Waals surface area contributed by atoms with Crippen molar-refractivity contribution in [1.82, 2.24) is 5.32 Å². The van der Waals surface area contributed by atoms with Crippen LogP contribution in [0, 0.1) is 5.92 Å². The summed E-state index contributed by atoms with van der Waals surface area (Å²) in [6.45, 7) is 2.38. The maximum absolute atomic E-state index is 5.92. The van der Waals surface area contributed by atoms with Gasteiger partial charge in [0.15, 0.2) is 0 Å². The summed E-state index contributed by atoms with van der Waals surface area (Å²) in [6.07, 6.45) is 10.8. The van der Waals surface area contributed by atoms with Gasteiger partial charge in [-0.1, -0.05) is 12.8 Å².